The van der Waals surface area contributed by atoms with Gasteiger partial charge in [-0.1, -0.05) is 0 Å². The fourth-order valence-corrected chi connectivity index (χ4v) is 2.87. The summed E-state index contributed by atoms with van der Waals surface area (Å²) in [6.45, 7) is 0. The number of nitrogens with one attached hydrogen (secondary N) is 1. The molecule has 1 amide bonds. The molecule has 0 bridgehead atoms. The first-order valence-electron chi connectivity index (χ1n) is 8.05. The Hall–Kier alpha value is -2.35. The lowest BCUT2D eigenvalue weighted by Gasteiger charge is -2.26. The van der Waals surface area contributed by atoms with E-state index in [0.717, 1.165) is 23.6 Å². The number of alkyl halides is 3. The number of halogens is 3. The largest absolute Gasteiger partial charge is 0.435 e. The van der Waals surface area contributed by atoms with Gasteiger partial charge in [-0.05, 0) is 56.0 Å². The Balaban J connectivity index is 1.65. The first-order chi connectivity index (χ1) is 11.8. The number of aliphatic hydroxyl groups is 1. The fourth-order valence-electron chi connectivity index (χ4n) is 2.87. The first-order valence-corrected chi connectivity index (χ1v) is 8.05. The molecule has 8 heteroatoms. The van der Waals surface area contributed by atoms with E-state index in [1.807, 2.05) is 0 Å². The molecular formula is C17H18F3N3O2. The van der Waals surface area contributed by atoms with Gasteiger partial charge >= 0.3 is 6.18 Å². The number of hydrogen-bond donors (Lipinski definition) is 2. The third kappa shape index (κ3) is 4.19. The van der Waals surface area contributed by atoms with E-state index in [1.54, 1.807) is 24.3 Å². The Bertz CT molecular complexity index is 732. The van der Waals surface area contributed by atoms with Gasteiger partial charge in [-0.15, -0.1) is 0 Å². The van der Waals surface area contributed by atoms with Gasteiger partial charge in [0.05, 0.1) is 11.8 Å². The molecule has 1 aromatic heterocycles. The fraction of sp³-hybridized carbons (Fsp3) is 0.412. The van der Waals surface area contributed by atoms with Gasteiger partial charge in [0.2, 0.25) is 0 Å². The van der Waals surface area contributed by atoms with E-state index in [1.165, 1.54) is 6.20 Å². The van der Waals surface area contributed by atoms with Crippen LogP contribution in [0.5, 0.6) is 0 Å². The lowest BCUT2D eigenvalue weighted by atomic mass is 9.93. The molecule has 0 aliphatic heterocycles. The summed E-state index contributed by atoms with van der Waals surface area (Å²) in [5.41, 5.74) is -0.0975. The average Bonchev–Trinajstić information content (AvgIpc) is 3.07. The van der Waals surface area contributed by atoms with Crippen LogP contribution in [0.25, 0.3) is 5.69 Å². The van der Waals surface area contributed by atoms with Crippen molar-refractivity contribution in [3.8, 4) is 5.69 Å². The minimum Gasteiger partial charge on any atom is -0.393 e. The quantitative estimate of drug-likeness (QED) is 0.892. The smallest absolute Gasteiger partial charge is 0.393 e. The van der Waals surface area contributed by atoms with Crippen LogP contribution >= 0.6 is 0 Å². The van der Waals surface area contributed by atoms with Crippen molar-refractivity contribution in [1.82, 2.24) is 15.1 Å². The highest BCUT2D eigenvalue weighted by Gasteiger charge is 2.33. The first kappa shape index (κ1) is 17.5. The van der Waals surface area contributed by atoms with Crippen molar-refractivity contribution in [2.45, 2.75) is 44.0 Å². The second-order valence-electron chi connectivity index (χ2n) is 6.17. The van der Waals surface area contributed by atoms with Crippen LogP contribution in [0.3, 0.4) is 0 Å². The van der Waals surface area contributed by atoms with Crippen molar-refractivity contribution in [3.05, 3.63) is 47.8 Å². The van der Waals surface area contributed by atoms with Gasteiger partial charge in [0.1, 0.15) is 0 Å². The topological polar surface area (TPSA) is 67.2 Å². The van der Waals surface area contributed by atoms with Crippen molar-refractivity contribution in [2.24, 2.45) is 0 Å². The SMILES string of the molecule is O=C(NC1CCC(O)CC1)c1ccc(-n2ccc(C(F)(F)F)n2)cc1. The Labute approximate surface area is 142 Å². The molecule has 1 aliphatic rings. The van der Waals surface area contributed by atoms with Crippen molar-refractivity contribution in [3.63, 3.8) is 0 Å². The minimum atomic E-state index is -4.49. The van der Waals surface area contributed by atoms with Crippen LogP contribution < -0.4 is 5.32 Å². The van der Waals surface area contributed by atoms with E-state index < -0.39 is 11.9 Å². The normalized spacial score (nSPS) is 21.1. The van der Waals surface area contributed by atoms with Gasteiger partial charge in [-0.25, -0.2) is 4.68 Å². The van der Waals surface area contributed by atoms with Crippen LogP contribution in [0.15, 0.2) is 36.5 Å². The molecule has 0 atom stereocenters. The van der Waals surface area contributed by atoms with E-state index in [2.05, 4.69) is 10.4 Å². The third-order valence-corrected chi connectivity index (χ3v) is 4.31. The lowest BCUT2D eigenvalue weighted by molar-refractivity contribution is -0.141. The molecule has 0 radical (unpaired) electrons. The highest BCUT2D eigenvalue weighted by atomic mass is 19.4. The number of rotatable bonds is 3. The lowest BCUT2D eigenvalue weighted by Crippen LogP contribution is -2.38. The van der Waals surface area contributed by atoms with Crippen LogP contribution in [0.2, 0.25) is 0 Å². The van der Waals surface area contributed by atoms with Crippen LogP contribution in [0.1, 0.15) is 41.7 Å². The Morgan fingerprint density at radius 3 is 2.32 bits per heavy atom. The molecule has 0 unspecified atom stereocenters. The van der Waals surface area contributed by atoms with Gasteiger partial charge in [-0.2, -0.15) is 18.3 Å². The predicted octanol–water partition coefficient (Wildman–Crippen LogP) is 2.92. The van der Waals surface area contributed by atoms with Crippen molar-refractivity contribution < 1.29 is 23.1 Å². The minimum absolute atomic E-state index is 0.0380. The van der Waals surface area contributed by atoms with E-state index >= 15 is 0 Å². The Morgan fingerprint density at radius 1 is 1.12 bits per heavy atom. The van der Waals surface area contributed by atoms with Crippen molar-refractivity contribution in [2.75, 3.05) is 0 Å². The number of nitrogens with zero attached hydrogens (tertiary/aromatic N) is 2. The Kier molecular flexibility index (Phi) is 4.80. The third-order valence-electron chi connectivity index (χ3n) is 4.31. The van der Waals surface area contributed by atoms with Gasteiger partial charge in [0.25, 0.3) is 5.91 Å². The van der Waals surface area contributed by atoms with Crippen LogP contribution in [0.4, 0.5) is 13.2 Å². The van der Waals surface area contributed by atoms with Gasteiger partial charge in [0.15, 0.2) is 5.69 Å². The molecule has 1 heterocycles. The molecule has 1 aliphatic carbocycles. The van der Waals surface area contributed by atoms with Crippen LogP contribution in [0, 0.1) is 0 Å². The maximum absolute atomic E-state index is 12.6. The number of aromatic nitrogens is 2. The monoisotopic (exact) mass is 353 g/mol. The summed E-state index contributed by atoms with van der Waals surface area (Å²) in [6, 6.07) is 7.14. The predicted molar refractivity (Wildman–Crippen MR) is 84.3 cm³/mol. The number of carbonyl (C=O) groups excluding carboxylic acids is 1. The number of carbonyl (C=O) groups is 1. The molecule has 1 saturated carbocycles. The zero-order valence-corrected chi connectivity index (χ0v) is 13.3. The summed E-state index contributed by atoms with van der Waals surface area (Å²) in [7, 11) is 0. The summed E-state index contributed by atoms with van der Waals surface area (Å²) in [6.07, 6.45) is -0.737. The molecular weight excluding hydrogens is 335 g/mol. The van der Waals surface area contributed by atoms with E-state index in [4.69, 9.17) is 0 Å². The standard InChI is InChI=1S/C17H18F3N3O2/c18-17(19,20)15-9-10-23(22-15)13-5-1-11(2-6-13)16(25)21-12-3-7-14(24)8-4-12/h1-2,5-6,9-10,12,14,24H,3-4,7-8H2,(H,21,25). The molecule has 5 nitrogen and oxygen atoms in total. The summed E-state index contributed by atoms with van der Waals surface area (Å²) >= 11 is 0. The number of benzene rings is 1. The molecule has 134 valence electrons. The summed E-state index contributed by atoms with van der Waals surface area (Å²) in [4.78, 5) is 12.2. The Morgan fingerprint density at radius 2 is 1.76 bits per heavy atom. The highest BCUT2D eigenvalue weighted by Crippen LogP contribution is 2.28. The van der Waals surface area contributed by atoms with Crippen molar-refractivity contribution in [1.29, 1.82) is 0 Å². The molecule has 25 heavy (non-hydrogen) atoms. The van der Waals surface area contributed by atoms with Crippen LogP contribution in [-0.4, -0.2) is 32.9 Å². The second-order valence-corrected chi connectivity index (χ2v) is 6.17. The molecule has 1 fully saturated rings. The second kappa shape index (κ2) is 6.87. The molecule has 0 spiro atoms. The molecule has 3 rings (SSSR count). The van der Waals surface area contributed by atoms with Crippen molar-refractivity contribution >= 4 is 5.91 Å². The maximum atomic E-state index is 12.6. The molecule has 2 N–H and O–H groups in total. The van der Waals surface area contributed by atoms with Gasteiger partial charge in [0, 0.05) is 17.8 Å². The average molecular weight is 353 g/mol. The van der Waals surface area contributed by atoms with E-state index in [-0.39, 0.29) is 18.1 Å². The zero-order chi connectivity index (χ0) is 18.0. The van der Waals surface area contributed by atoms with E-state index in [9.17, 15) is 23.1 Å². The van der Waals surface area contributed by atoms with Gasteiger partial charge < -0.3 is 10.4 Å². The number of hydrogen-bond acceptors (Lipinski definition) is 3. The summed E-state index contributed by atoms with van der Waals surface area (Å²) in [5.74, 6) is -0.232. The van der Waals surface area contributed by atoms with Crippen LogP contribution in [-0.2, 0) is 6.18 Å². The maximum Gasteiger partial charge on any atom is 0.435 e. The number of amides is 1. The molecule has 2 aromatic rings. The van der Waals surface area contributed by atoms with E-state index in [0.29, 0.717) is 24.1 Å². The summed E-state index contributed by atoms with van der Waals surface area (Å²) < 4.78 is 38.9. The number of aliphatic hydroxyl groups excluding tert-OH is 1. The summed E-state index contributed by atoms with van der Waals surface area (Å²) in [5, 5.41) is 15.9. The highest BCUT2D eigenvalue weighted by molar-refractivity contribution is 5.94. The molecule has 0 saturated heterocycles. The molecule has 1 aromatic carbocycles. The zero-order valence-electron chi connectivity index (χ0n) is 13.3. The van der Waals surface area contributed by atoms with Gasteiger partial charge in [-0.3, -0.25) is 4.79 Å².